The standard InChI is InChI=1S/C11H11N3O/c1-2-4-9-8(3-1)14-7-10(15-9)11-12-5-6-13-11/h1-6,10,14H,7H2,(H,12,13). The van der Waals surface area contributed by atoms with Crippen molar-refractivity contribution >= 4 is 5.69 Å². The van der Waals surface area contributed by atoms with Crippen molar-refractivity contribution in [1.82, 2.24) is 9.97 Å². The zero-order chi connectivity index (χ0) is 10.1. The van der Waals surface area contributed by atoms with E-state index in [1.807, 2.05) is 24.3 Å². The van der Waals surface area contributed by atoms with Crippen LogP contribution in [-0.2, 0) is 0 Å². The van der Waals surface area contributed by atoms with Crippen LogP contribution in [0, 0.1) is 0 Å². The summed E-state index contributed by atoms with van der Waals surface area (Å²) in [5, 5.41) is 3.32. The minimum Gasteiger partial charge on any atom is -0.478 e. The number of H-pyrrole nitrogens is 1. The molecule has 4 heteroatoms. The van der Waals surface area contributed by atoms with Gasteiger partial charge in [-0.3, -0.25) is 0 Å². The summed E-state index contributed by atoms with van der Waals surface area (Å²) in [6, 6.07) is 7.92. The molecule has 0 amide bonds. The average Bonchev–Trinajstić information content (AvgIpc) is 2.82. The molecule has 0 fully saturated rings. The number of para-hydroxylation sites is 2. The highest BCUT2D eigenvalue weighted by Crippen LogP contribution is 2.32. The topological polar surface area (TPSA) is 49.9 Å². The lowest BCUT2D eigenvalue weighted by molar-refractivity contribution is 0.201. The number of fused-ring (bicyclic) bond motifs is 1. The van der Waals surface area contributed by atoms with E-state index in [-0.39, 0.29) is 6.10 Å². The van der Waals surface area contributed by atoms with Gasteiger partial charge >= 0.3 is 0 Å². The Balaban J connectivity index is 1.89. The Labute approximate surface area is 87.3 Å². The van der Waals surface area contributed by atoms with E-state index < -0.39 is 0 Å². The molecule has 0 aliphatic carbocycles. The number of nitrogens with one attached hydrogen (secondary N) is 2. The van der Waals surface area contributed by atoms with E-state index in [1.54, 1.807) is 12.4 Å². The number of ether oxygens (including phenoxy) is 1. The number of benzene rings is 1. The highest BCUT2D eigenvalue weighted by Gasteiger charge is 2.21. The van der Waals surface area contributed by atoms with Gasteiger partial charge in [0.25, 0.3) is 0 Å². The predicted molar refractivity (Wildman–Crippen MR) is 56.9 cm³/mol. The van der Waals surface area contributed by atoms with Crippen LogP contribution >= 0.6 is 0 Å². The second-order valence-electron chi connectivity index (χ2n) is 3.46. The van der Waals surface area contributed by atoms with Gasteiger partial charge in [-0.05, 0) is 12.1 Å². The first-order valence-electron chi connectivity index (χ1n) is 4.92. The summed E-state index contributed by atoms with van der Waals surface area (Å²) < 4.78 is 5.82. The van der Waals surface area contributed by atoms with E-state index >= 15 is 0 Å². The maximum absolute atomic E-state index is 5.82. The van der Waals surface area contributed by atoms with Crippen molar-refractivity contribution in [1.29, 1.82) is 0 Å². The smallest absolute Gasteiger partial charge is 0.173 e. The first-order valence-corrected chi connectivity index (χ1v) is 4.92. The van der Waals surface area contributed by atoms with Crippen molar-refractivity contribution in [2.45, 2.75) is 6.10 Å². The van der Waals surface area contributed by atoms with Crippen molar-refractivity contribution < 1.29 is 4.74 Å². The molecular weight excluding hydrogens is 190 g/mol. The van der Waals surface area contributed by atoms with Crippen molar-refractivity contribution in [3.63, 3.8) is 0 Å². The lowest BCUT2D eigenvalue weighted by atomic mass is 10.2. The van der Waals surface area contributed by atoms with Gasteiger partial charge in [0.2, 0.25) is 0 Å². The molecule has 0 saturated heterocycles. The fourth-order valence-electron chi connectivity index (χ4n) is 1.72. The number of rotatable bonds is 1. The van der Waals surface area contributed by atoms with Crippen LogP contribution in [0.15, 0.2) is 36.7 Å². The highest BCUT2D eigenvalue weighted by molar-refractivity contribution is 5.57. The largest absolute Gasteiger partial charge is 0.478 e. The molecule has 1 aliphatic rings. The SMILES string of the molecule is c1ccc2c(c1)NCC(c1ncc[nH]1)O2. The Hall–Kier alpha value is -1.97. The average molecular weight is 201 g/mol. The molecule has 1 aliphatic heterocycles. The molecule has 15 heavy (non-hydrogen) atoms. The van der Waals surface area contributed by atoms with Crippen LogP contribution < -0.4 is 10.1 Å². The van der Waals surface area contributed by atoms with Crippen LogP contribution in [0.25, 0.3) is 0 Å². The van der Waals surface area contributed by atoms with Crippen molar-refractivity contribution in [3.05, 3.63) is 42.5 Å². The number of imidazole rings is 1. The van der Waals surface area contributed by atoms with Crippen molar-refractivity contribution in [2.24, 2.45) is 0 Å². The molecule has 0 bridgehead atoms. The lowest BCUT2D eigenvalue weighted by Gasteiger charge is -2.25. The second-order valence-corrected chi connectivity index (χ2v) is 3.46. The third kappa shape index (κ3) is 1.44. The summed E-state index contributed by atoms with van der Waals surface area (Å²) in [6.07, 6.45) is 3.51. The molecule has 1 atom stereocenters. The minimum absolute atomic E-state index is 0.0325. The fraction of sp³-hybridized carbons (Fsp3) is 0.182. The third-order valence-electron chi connectivity index (χ3n) is 2.46. The Morgan fingerprint density at radius 3 is 3.13 bits per heavy atom. The van der Waals surface area contributed by atoms with Gasteiger partial charge in [0.15, 0.2) is 6.10 Å². The molecule has 2 aromatic rings. The number of nitrogens with zero attached hydrogens (tertiary/aromatic N) is 1. The Morgan fingerprint density at radius 2 is 2.27 bits per heavy atom. The molecule has 4 nitrogen and oxygen atoms in total. The number of hydrogen-bond acceptors (Lipinski definition) is 3. The van der Waals surface area contributed by atoms with Gasteiger partial charge in [-0.2, -0.15) is 0 Å². The summed E-state index contributed by atoms with van der Waals surface area (Å²) in [5.41, 5.74) is 1.04. The van der Waals surface area contributed by atoms with Gasteiger partial charge in [-0.15, -0.1) is 0 Å². The highest BCUT2D eigenvalue weighted by atomic mass is 16.5. The van der Waals surface area contributed by atoms with E-state index in [4.69, 9.17) is 4.74 Å². The van der Waals surface area contributed by atoms with Gasteiger partial charge in [-0.1, -0.05) is 12.1 Å². The molecule has 1 aromatic heterocycles. The normalized spacial score (nSPS) is 18.8. The minimum atomic E-state index is -0.0325. The van der Waals surface area contributed by atoms with Gasteiger partial charge in [-0.25, -0.2) is 4.98 Å². The molecule has 1 aromatic carbocycles. The number of aromatic amines is 1. The van der Waals surface area contributed by atoms with Crippen LogP contribution in [0.3, 0.4) is 0 Å². The Kier molecular flexibility index (Phi) is 1.84. The van der Waals surface area contributed by atoms with Crippen molar-refractivity contribution in [2.75, 3.05) is 11.9 Å². The molecule has 1 unspecified atom stereocenters. The van der Waals surface area contributed by atoms with E-state index in [0.29, 0.717) is 0 Å². The fourth-order valence-corrected chi connectivity index (χ4v) is 1.72. The van der Waals surface area contributed by atoms with Crippen LogP contribution in [0.1, 0.15) is 11.9 Å². The summed E-state index contributed by atoms with van der Waals surface area (Å²) in [6.45, 7) is 0.741. The second kappa shape index (κ2) is 3.31. The summed E-state index contributed by atoms with van der Waals surface area (Å²) in [7, 11) is 0. The van der Waals surface area contributed by atoms with Crippen LogP contribution in [-0.4, -0.2) is 16.5 Å². The molecule has 2 N–H and O–H groups in total. The molecule has 2 heterocycles. The van der Waals surface area contributed by atoms with Crippen LogP contribution in [0.5, 0.6) is 5.75 Å². The molecule has 76 valence electrons. The third-order valence-corrected chi connectivity index (χ3v) is 2.46. The zero-order valence-electron chi connectivity index (χ0n) is 8.10. The molecule has 0 spiro atoms. The number of hydrogen-bond donors (Lipinski definition) is 2. The quantitative estimate of drug-likeness (QED) is 0.741. The molecule has 0 saturated carbocycles. The number of aromatic nitrogens is 2. The molecule has 0 radical (unpaired) electrons. The van der Waals surface area contributed by atoms with Crippen molar-refractivity contribution in [3.8, 4) is 5.75 Å². The van der Waals surface area contributed by atoms with Crippen LogP contribution in [0.4, 0.5) is 5.69 Å². The molecular formula is C11H11N3O. The Morgan fingerprint density at radius 1 is 1.33 bits per heavy atom. The predicted octanol–water partition coefficient (Wildman–Crippen LogP) is 1.96. The lowest BCUT2D eigenvalue weighted by Crippen LogP contribution is -2.24. The van der Waals surface area contributed by atoms with E-state index in [2.05, 4.69) is 15.3 Å². The monoisotopic (exact) mass is 201 g/mol. The van der Waals surface area contributed by atoms with E-state index in [1.165, 1.54) is 0 Å². The first kappa shape index (κ1) is 8.35. The van der Waals surface area contributed by atoms with E-state index in [9.17, 15) is 0 Å². The first-order chi connectivity index (χ1) is 7.43. The van der Waals surface area contributed by atoms with Gasteiger partial charge < -0.3 is 15.0 Å². The summed E-state index contributed by atoms with van der Waals surface area (Å²) >= 11 is 0. The maximum atomic E-state index is 5.82. The van der Waals surface area contributed by atoms with Crippen LogP contribution in [0.2, 0.25) is 0 Å². The number of anilines is 1. The zero-order valence-corrected chi connectivity index (χ0v) is 8.10. The van der Waals surface area contributed by atoms with Gasteiger partial charge in [0.05, 0.1) is 12.2 Å². The maximum Gasteiger partial charge on any atom is 0.173 e. The Bertz CT molecular complexity index is 453. The van der Waals surface area contributed by atoms with Gasteiger partial charge in [0.1, 0.15) is 11.6 Å². The molecule has 3 rings (SSSR count). The summed E-state index contributed by atoms with van der Waals surface area (Å²) in [5.74, 6) is 1.74. The van der Waals surface area contributed by atoms with Gasteiger partial charge in [0, 0.05) is 12.4 Å². The van der Waals surface area contributed by atoms with E-state index in [0.717, 1.165) is 23.8 Å². The summed E-state index contributed by atoms with van der Waals surface area (Å²) in [4.78, 5) is 7.25.